The van der Waals surface area contributed by atoms with Crippen LogP contribution in [0.25, 0.3) is 0 Å². The molecule has 2 amide bonds. The van der Waals surface area contributed by atoms with Gasteiger partial charge < -0.3 is 5.32 Å². The predicted octanol–water partition coefficient (Wildman–Crippen LogP) is 1.27. The first-order chi connectivity index (χ1) is 8.79. The Morgan fingerprint density at radius 3 is 2.63 bits per heavy atom. The zero-order valence-corrected chi connectivity index (χ0v) is 9.86. The van der Waals surface area contributed by atoms with E-state index in [4.69, 9.17) is 0 Å². The summed E-state index contributed by atoms with van der Waals surface area (Å²) in [6, 6.07) is 0.767. The van der Waals surface area contributed by atoms with Gasteiger partial charge in [0.15, 0.2) is 0 Å². The van der Waals surface area contributed by atoms with Gasteiger partial charge in [-0.15, -0.1) is 0 Å². The molecule has 0 aliphatic carbocycles. The van der Waals surface area contributed by atoms with Crippen LogP contribution in [-0.2, 0) is 15.8 Å². The van der Waals surface area contributed by atoms with Crippen molar-refractivity contribution in [2.75, 3.05) is 12.4 Å². The number of carbonyl (C=O) groups is 2. The van der Waals surface area contributed by atoms with E-state index >= 15 is 0 Å². The minimum Gasteiger partial charge on any atom is -0.358 e. The highest BCUT2D eigenvalue weighted by Gasteiger charge is 2.36. The van der Waals surface area contributed by atoms with Crippen LogP contribution < -0.4 is 5.32 Å². The van der Waals surface area contributed by atoms with Crippen molar-refractivity contribution < 1.29 is 22.8 Å². The van der Waals surface area contributed by atoms with Crippen molar-refractivity contribution in [1.29, 1.82) is 0 Å². The Morgan fingerprint density at radius 1 is 1.42 bits per heavy atom. The molecule has 1 aliphatic heterocycles. The van der Waals surface area contributed by atoms with Gasteiger partial charge >= 0.3 is 6.18 Å². The molecule has 2 rings (SSSR count). The second kappa shape index (κ2) is 4.52. The van der Waals surface area contributed by atoms with Crippen LogP contribution in [0.15, 0.2) is 18.3 Å². The molecule has 1 unspecified atom stereocenters. The van der Waals surface area contributed by atoms with E-state index < -0.39 is 23.7 Å². The molecule has 1 N–H and O–H groups in total. The number of pyridine rings is 1. The Labute approximate surface area is 106 Å². The van der Waals surface area contributed by atoms with Crippen LogP contribution in [0.2, 0.25) is 0 Å². The molecule has 2 heterocycles. The smallest absolute Gasteiger partial charge is 0.358 e. The topological polar surface area (TPSA) is 62.3 Å². The van der Waals surface area contributed by atoms with E-state index in [1.807, 2.05) is 0 Å². The fourth-order valence-electron chi connectivity index (χ4n) is 1.73. The molecule has 19 heavy (non-hydrogen) atoms. The quantitative estimate of drug-likeness (QED) is 0.824. The first kappa shape index (κ1) is 13.3. The minimum atomic E-state index is -4.48. The number of alkyl halides is 3. The highest BCUT2D eigenvalue weighted by atomic mass is 19.4. The van der Waals surface area contributed by atoms with Gasteiger partial charge in [-0.1, -0.05) is 0 Å². The van der Waals surface area contributed by atoms with Gasteiger partial charge in [-0.2, -0.15) is 13.2 Å². The summed E-state index contributed by atoms with van der Waals surface area (Å²) in [5, 5.41) is 2.54. The third-order valence-electron chi connectivity index (χ3n) is 2.79. The van der Waals surface area contributed by atoms with E-state index in [0.717, 1.165) is 23.2 Å². The van der Waals surface area contributed by atoms with E-state index in [1.165, 1.54) is 7.05 Å². The summed E-state index contributed by atoms with van der Waals surface area (Å²) in [5.74, 6) is -0.949. The SMILES string of the molecule is CN1C(=O)CC(Nc2cc(C(F)(F)F)ccn2)C1=O. The van der Waals surface area contributed by atoms with Crippen LogP contribution in [0, 0.1) is 0 Å². The second-order valence-electron chi connectivity index (χ2n) is 4.12. The van der Waals surface area contributed by atoms with Crippen molar-refractivity contribution >= 4 is 17.6 Å². The Morgan fingerprint density at radius 2 is 2.11 bits per heavy atom. The maximum Gasteiger partial charge on any atom is 0.416 e. The number of carbonyl (C=O) groups excluding carboxylic acids is 2. The number of rotatable bonds is 2. The van der Waals surface area contributed by atoms with Gasteiger partial charge in [0.1, 0.15) is 11.9 Å². The van der Waals surface area contributed by atoms with E-state index in [1.54, 1.807) is 0 Å². The first-order valence-corrected chi connectivity index (χ1v) is 5.39. The number of aromatic nitrogens is 1. The number of likely N-dealkylation sites (tertiary alicyclic amines) is 1. The predicted molar refractivity (Wildman–Crippen MR) is 59.0 cm³/mol. The van der Waals surface area contributed by atoms with Gasteiger partial charge in [-0.05, 0) is 12.1 Å². The molecule has 0 saturated carbocycles. The van der Waals surface area contributed by atoms with E-state index in [0.29, 0.717) is 0 Å². The standard InChI is InChI=1S/C11H10F3N3O2/c1-17-9(18)5-7(10(17)19)16-8-4-6(2-3-15-8)11(12,13)14/h2-4,7H,5H2,1H3,(H,15,16). The Hall–Kier alpha value is -2.12. The molecule has 0 aromatic carbocycles. The maximum atomic E-state index is 12.5. The Balaban J connectivity index is 2.17. The number of imide groups is 1. The van der Waals surface area contributed by atoms with Gasteiger partial charge in [0.2, 0.25) is 5.91 Å². The Kier molecular flexibility index (Phi) is 3.17. The molecule has 0 bridgehead atoms. The fraction of sp³-hybridized carbons (Fsp3) is 0.364. The van der Waals surface area contributed by atoms with Crippen LogP contribution in [0.3, 0.4) is 0 Å². The molecule has 1 saturated heterocycles. The van der Waals surface area contributed by atoms with Crippen molar-refractivity contribution in [1.82, 2.24) is 9.88 Å². The molecule has 1 fully saturated rings. The summed E-state index contributed by atoms with van der Waals surface area (Å²) >= 11 is 0. The molecular weight excluding hydrogens is 263 g/mol. The summed E-state index contributed by atoms with van der Waals surface area (Å²) in [4.78, 5) is 27.5. The summed E-state index contributed by atoms with van der Waals surface area (Å²) in [6.07, 6.45) is -3.57. The number of amides is 2. The molecule has 1 aromatic heterocycles. The lowest BCUT2D eigenvalue weighted by molar-refractivity contribution is -0.138. The zero-order valence-electron chi connectivity index (χ0n) is 9.86. The molecule has 5 nitrogen and oxygen atoms in total. The van der Waals surface area contributed by atoms with Crippen molar-refractivity contribution in [2.45, 2.75) is 18.6 Å². The first-order valence-electron chi connectivity index (χ1n) is 5.39. The molecule has 1 atom stereocenters. The largest absolute Gasteiger partial charge is 0.416 e. The van der Waals surface area contributed by atoms with Gasteiger partial charge in [-0.25, -0.2) is 4.98 Å². The second-order valence-corrected chi connectivity index (χ2v) is 4.12. The van der Waals surface area contributed by atoms with Crippen LogP contribution >= 0.6 is 0 Å². The zero-order chi connectivity index (χ0) is 14.2. The minimum absolute atomic E-state index is 0.0868. The molecule has 0 spiro atoms. The fourth-order valence-corrected chi connectivity index (χ4v) is 1.73. The third-order valence-corrected chi connectivity index (χ3v) is 2.79. The summed E-state index contributed by atoms with van der Waals surface area (Å²) in [7, 11) is 1.33. The number of halogens is 3. The molecular formula is C11H10F3N3O2. The lowest BCUT2D eigenvalue weighted by Gasteiger charge is -2.13. The number of nitrogens with one attached hydrogen (secondary N) is 1. The van der Waals surface area contributed by atoms with Gasteiger partial charge in [-0.3, -0.25) is 14.5 Å². The average molecular weight is 273 g/mol. The molecule has 102 valence electrons. The number of likely N-dealkylation sites (N-methyl/N-ethyl adjacent to an activating group) is 1. The van der Waals surface area contributed by atoms with E-state index in [-0.39, 0.29) is 18.1 Å². The summed E-state index contributed by atoms with van der Waals surface area (Å²) in [5.41, 5.74) is -0.866. The molecule has 8 heteroatoms. The van der Waals surface area contributed by atoms with Crippen molar-refractivity contribution in [3.8, 4) is 0 Å². The number of hydrogen-bond donors (Lipinski definition) is 1. The molecule has 0 radical (unpaired) electrons. The third kappa shape index (κ3) is 2.67. The number of anilines is 1. The highest BCUT2D eigenvalue weighted by molar-refractivity contribution is 6.06. The lowest BCUT2D eigenvalue weighted by Crippen LogP contribution is -2.32. The summed E-state index contributed by atoms with van der Waals surface area (Å²) < 4.78 is 37.5. The highest BCUT2D eigenvalue weighted by Crippen LogP contribution is 2.30. The van der Waals surface area contributed by atoms with Crippen LogP contribution in [0.1, 0.15) is 12.0 Å². The molecule has 1 aromatic rings. The van der Waals surface area contributed by atoms with Crippen LogP contribution in [0.5, 0.6) is 0 Å². The van der Waals surface area contributed by atoms with Crippen molar-refractivity contribution in [3.63, 3.8) is 0 Å². The Bertz CT molecular complexity index is 530. The lowest BCUT2D eigenvalue weighted by atomic mass is 10.2. The van der Waals surface area contributed by atoms with Crippen molar-refractivity contribution in [2.24, 2.45) is 0 Å². The van der Waals surface area contributed by atoms with E-state index in [9.17, 15) is 22.8 Å². The maximum absolute atomic E-state index is 12.5. The van der Waals surface area contributed by atoms with Crippen molar-refractivity contribution in [3.05, 3.63) is 23.9 Å². The van der Waals surface area contributed by atoms with Gasteiger partial charge in [0.25, 0.3) is 5.91 Å². The van der Waals surface area contributed by atoms with E-state index in [2.05, 4.69) is 10.3 Å². The number of nitrogens with zero attached hydrogens (tertiary/aromatic N) is 2. The molecule has 1 aliphatic rings. The van der Waals surface area contributed by atoms with Crippen LogP contribution in [0.4, 0.5) is 19.0 Å². The normalized spacial score (nSPS) is 20.0. The monoisotopic (exact) mass is 273 g/mol. The van der Waals surface area contributed by atoms with Gasteiger partial charge in [0, 0.05) is 13.2 Å². The van der Waals surface area contributed by atoms with Crippen LogP contribution in [-0.4, -0.2) is 34.8 Å². The van der Waals surface area contributed by atoms with Gasteiger partial charge in [0.05, 0.1) is 12.0 Å². The number of hydrogen-bond acceptors (Lipinski definition) is 4. The average Bonchev–Trinajstić information content (AvgIpc) is 2.56. The summed E-state index contributed by atoms with van der Waals surface area (Å²) in [6.45, 7) is 0.